The van der Waals surface area contributed by atoms with Crippen molar-refractivity contribution < 1.29 is 17.7 Å². The Morgan fingerprint density at radius 3 is 3.09 bits per heavy atom. The van der Waals surface area contributed by atoms with Gasteiger partial charge >= 0.3 is 0 Å². The van der Waals surface area contributed by atoms with Crippen LogP contribution in [0.15, 0.2) is 26.2 Å². The first-order chi connectivity index (χ1) is 10.6. The van der Waals surface area contributed by atoms with Crippen LogP contribution in [0.25, 0.3) is 0 Å². The predicted octanol–water partition coefficient (Wildman–Crippen LogP) is 1.81. The van der Waals surface area contributed by atoms with Gasteiger partial charge in [0.2, 0.25) is 0 Å². The summed E-state index contributed by atoms with van der Waals surface area (Å²) in [6.45, 7) is 2.83. The minimum absolute atomic E-state index is 0.157. The minimum Gasteiger partial charge on any atom is -0.367 e. The van der Waals surface area contributed by atoms with Gasteiger partial charge in [-0.05, 0) is 31.2 Å². The van der Waals surface area contributed by atoms with E-state index in [4.69, 9.17) is 9.26 Å². The lowest BCUT2D eigenvalue weighted by molar-refractivity contribution is -0.00293. The fourth-order valence-electron chi connectivity index (χ4n) is 2.38. The molecule has 1 aliphatic heterocycles. The maximum absolute atomic E-state index is 12.5. The fraction of sp³-hybridized carbons (Fsp3) is 0.538. The Hall–Kier alpha value is -1.29. The third kappa shape index (κ3) is 3.37. The molecular weight excluding hydrogens is 326 g/mol. The van der Waals surface area contributed by atoms with Gasteiger partial charge in [0.15, 0.2) is 5.82 Å². The zero-order valence-corrected chi connectivity index (χ0v) is 13.8. The average Bonchev–Trinajstić information content (AvgIpc) is 3.17. The highest BCUT2D eigenvalue weighted by Crippen LogP contribution is 2.25. The van der Waals surface area contributed by atoms with Gasteiger partial charge in [-0.25, -0.2) is 8.42 Å². The third-order valence-electron chi connectivity index (χ3n) is 3.44. The molecule has 1 aliphatic rings. The first-order valence-electron chi connectivity index (χ1n) is 7.00. The Morgan fingerprint density at radius 2 is 2.41 bits per heavy atom. The normalized spacial score (nSPS) is 20.3. The highest BCUT2D eigenvalue weighted by molar-refractivity contribution is 7.91. The summed E-state index contributed by atoms with van der Waals surface area (Å²) in [5.41, 5.74) is 0. The molecule has 22 heavy (non-hydrogen) atoms. The van der Waals surface area contributed by atoms with E-state index < -0.39 is 10.0 Å². The Kier molecular flexibility index (Phi) is 4.57. The number of rotatable bonds is 5. The van der Waals surface area contributed by atoms with Crippen molar-refractivity contribution in [1.29, 1.82) is 0 Å². The highest BCUT2D eigenvalue weighted by Gasteiger charge is 2.31. The van der Waals surface area contributed by atoms with E-state index in [1.54, 1.807) is 24.4 Å². The summed E-state index contributed by atoms with van der Waals surface area (Å²) in [6, 6.07) is 3.37. The molecule has 1 atom stereocenters. The summed E-state index contributed by atoms with van der Waals surface area (Å²) in [6.07, 6.45) is 1.44. The first kappa shape index (κ1) is 15.6. The zero-order chi connectivity index (χ0) is 15.6. The van der Waals surface area contributed by atoms with Crippen LogP contribution in [0, 0.1) is 6.92 Å². The smallest absolute Gasteiger partial charge is 0.252 e. The molecule has 0 saturated carbocycles. The monoisotopic (exact) mass is 343 g/mol. The van der Waals surface area contributed by atoms with Crippen molar-refractivity contribution in [2.45, 2.75) is 36.7 Å². The van der Waals surface area contributed by atoms with Crippen LogP contribution in [-0.4, -0.2) is 42.1 Å². The van der Waals surface area contributed by atoms with Gasteiger partial charge in [0.25, 0.3) is 15.9 Å². The molecule has 3 heterocycles. The second-order valence-electron chi connectivity index (χ2n) is 5.11. The lowest BCUT2D eigenvalue weighted by atomic mass is 10.1. The SMILES string of the molecule is Cc1noc(CO[C@@H]2CCCN(S(=O)(=O)c3cccs3)C2)n1. The molecule has 0 bridgehead atoms. The zero-order valence-electron chi connectivity index (χ0n) is 12.1. The number of hydrogen-bond donors (Lipinski definition) is 0. The van der Waals surface area contributed by atoms with Crippen molar-refractivity contribution in [3.8, 4) is 0 Å². The van der Waals surface area contributed by atoms with E-state index in [0.717, 1.165) is 12.8 Å². The van der Waals surface area contributed by atoms with Gasteiger partial charge in [-0.2, -0.15) is 9.29 Å². The summed E-state index contributed by atoms with van der Waals surface area (Å²) in [5, 5.41) is 5.46. The van der Waals surface area contributed by atoms with Crippen LogP contribution in [0.5, 0.6) is 0 Å². The van der Waals surface area contributed by atoms with Gasteiger partial charge < -0.3 is 9.26 Å². The maximum Gasteiger partial charge on any atom is 0.252 e. The van der Waals surface area contributed by atoms with E-state index in [9.17, 15) is 8.42 Å². The number of sulfonamides is 1. The Balaban J connectivity index is 1.62. The van der Waals surface area contributed by atoms with E-state index in [1.807, 2.05) is 0 Å². The molecule has 0 radical (unpaired) electrons. The topological polar surface area (TPSA) is 85.5 Å². The maximum atomic E-state index is 12.5. The molecule has 2 aromatic heterocycles. The number of aromatic nitrogens is 2. The number of piperidine rings is 1. The number of thiophene rings is 1. The summed E-state index contributed by atoms with van der Waals surface area (Å²) in [7, 11) is -3.41. The van der Waals surface area contributed by atoms with Crippen LogP contribution in [0.3, 0.4) is 0 Å². The van der Waals surface area contributed by atoms with Crippen LogP contribution in [0.4, 0.5) is 0 Å². The summed E-state index contributed by atoms with van der Waals surface area (Å²) in [5.74, 6) is 0.972. The standard InChI is InChI=1S/C13H17N3O4S2/c1-10-14-12(20-15-10)9-19-11-4-2-6-16(8-11)22(17,18)13-5-3-7-21-13/h3,5,7,11H,2,4,6,8-9H2,1H3/t11-/m1/s1. The number of aryl methyl sites for hydroxylation is 1. The number of nitrogens with zero attached hydrogens (tertiary/aromatic N) is 3. The molecule has 120 valence electrons. The minimum atomic E-state index is -3.41. The predicted molar refractivity (Wildman–Crippen MR) is 79.9 cm³/mol. The van der Waals surface area contributed by atoms with E-state index in [1.165, 1.54) is 15.6 Å². The Bertz CT molecular complexity index is 711. The fourth-order valence-corrected chi connectivity index (χ4v) is 5.04. The molecule has 1 fully saturated rings. The molecule has 3 rings (SSSR count). The highest BCUT2D eigenvalue weighted by atomic mass is 32.2. The van der Waals surface area contributed by atoms with Crippen molar-refractivity contribution in [2.75, 3.05) is 13.1 Å². The number of ether oxygens (including phenoxy) is 1. The molecule has 0 aliphatic carbocycles. The molecular formula is C13H17N3O4S2. The molecule has 0 unspecified atom stereocenters. The van der Waals surface area contributed by atoms with Crippen LogP contribution >= 0.6 is 11.3 Å². The van der Waals surface area contributed by atoms with E-state index in [-0.39, 0.29) is 12.7 Å². The second-order valence-corrected chi connectivity index (χ2v) is 8.22. The van der Waals surface area contributed by atoms with Gasteiger partial charge in [0.1, 0.15) is 10.8 Å². The van der Waals surface area contributed by atoms with E-state index >= 15 is 0 Å². The van der Waals surface area contributed by atoms with Crippen LogP contribution < -0.4 is 0 Å². The van der Waals surface area contributed by atoms with Crippen molar-refractivity contribution in [1.82, 2.24) is 14.4 Å². The van der Waals surface area contributed by atoms with Crippen molar-refractivity contribution in [3.05, 3.63) is 29.2 Å². The molecule has 9 heteroatoms. The largest absolute Gasteiger partial charge is 0.367 e. The van der Waals surface area contributed by atoms with E-state index in [2.05, 4.69) is 10.1 Å². The lowest BCUT2D eigenvalue weighted by Crippen LogP contribution is -2.42. The Labute approximate surface area is 132 Å². The van der Waals surface area contributed by atoms with Gasteiger partial charge in [0, 0.05) is 13.1 Å². The average molecular weight is 343 g/mol. The molecule has 7 nitrogen and oxygen atoms in total. The van der Waals surface area contributed by atoms with Gasteiger partial charge in [-0.3, -0.25) is 0 Å². The quantitative estimate of drug-likeness (QED) is 0.823. The second kappa shape index (κ2) is 6.45. The van der Waals surface area contributed by atoms with Crippen molar-refractivity contribution in [3.63, 3.8) is 0 Å². The number of hydrogen-bond acceptors (Lipinski definition) is 7. The molecule has 0 spiro atoms. The van der Waals surface area contributed by atoms with Crippen LogP contribution in [0.2, 0.25) is 0 Å². The van der Waals surface area contributed by atoms with Gasteiger partial charge in [-0.1, -0.05) is 11.2 Å². The van der Waals surface area contributed by atoms with Crippen LogP contribution in [-0.2, 0) is 21.4 Å². The van der Waals surface area contributed by atoms with Crippen LogP contribution in [0.1, 0.15) is 24.6 Å². The van der Waals surface area contributed by atoms with Crippen molar-refractivity contribution >= 4 is 21.4 Å². The van der Waals surface area contributed by atoms with Crippen molar-refractivity contribution in [2.24, 2.45) is 0 Å². The summed E-state index contributed by atoms with van der Waals surface area (Å²) < 4.78 is 37.6. The molecule has 1 saturated heterocycles. The first-order valence-corrected chi connectivity index (χ1v) is 9.32. The Morgan fingerprint density at radius 1 is 1.55 bits per heavy atom. The third-order valence-corrected chi connectivity index (χ3v) is 6.68. The lowest BCUT2D eigenvalue weighted by Gasteiger charge is -2.31. The van der Waals surface area contributed by atoms with E-state index in [0.29, 0.717) is 29.0 Å². The molecule has 2 aromatic rings. The molecule has 0 N–H and O–H groups in total. The molecule has 0 aromatic carbocycles. The summed E-state index contributed by atoms with van der Waals surface area (Å²) >= 11 is 1.23. The summed E-state index contributed by atoms with van der Waals surface area (Å²) in [4.78, 5) is 4.07. The molecule has 0 amide bonds. The van der Waals surface area contributed by atoms with Gasteiger partial charge in [-0.15, -0.1) is 11.3 Å². The van der Waals surface area contributed by atoms with Gasteiger partial charge in [0.05, 0.1) is 6.10 Å².